The van der Waals surface area contributed by atoms with Gasteiger partial charge in [0.05, 0.1) is 11.0 Å². The number of nitrogens with zero attached hydrogens (tertiary/aromatic N) is 2. The van der Waals surface area contributed by atoms with Crippen molar-refractivity contribution in [3.8, 4) is 0 Å². The first-order valence-electron chi connectivity index (χ1n) is 7.27. The number of likely N-dealkylation sites (tertiary alicyclic amines) is 1. The number of rotatable bonds is 3. The third-order valence-electron chi connectivity index (χ3n) is 4.29. The summed E-state index contributed by atoms with van der Waals surface area (Å²) in [6, 6.07) is 7.59. The molecule has 22 heavy (non-hydrogen) atoms. The fourth-order valence-electron chi connectivity index (χ4n) is 3.15. The molecule has 0 spiro atoms. The molecule has 3 N–H and O–H groups in total. The van der Waals surface area contributed by atoms with Crippen LogP contribution in [0.3, 0.4) is 0 Å². The van der Waals surface area contributed by atoms with Crippen molar-refractivity contribution in [1.29, 1.82) is 0 Å². The number of hydrogen-bond donors (Lipinski definition) is 2. The lowest BCUT2D eigenvalue weighted by atomic mass is 10.1. The Morgan fingerprint density at radius 2 is 2.14 bits per heavy atom. The van der Waals surface area contributed by atoms with E-state index in [-0.39, 0.29) is 36.6 Å². The summed E-state index contributed by atoms with van der Waals surface area (Å²) >= 11 is 0. The van der Waals surface area contributed by atoms with Gasteiger partial charge in [-0.25, -0.2) is 4.79 Å². The van der Waals surface area contributed by atoms with E-state index in [4.69, 9.17) is 5.73 Å². The van der Waals surface area contributed by atoms with E-state index in [1.54, 1.807) is 0 Å². The molecule has 1 aromatic heterocycles. The van der Waals surface area contributed by atoms with Crippen molar-refractivity contribution in [3.05, 3.63) is 34.7 Å². The van der Waals surface area contributed by atoms with Crippen LogP contribution in [0.15, 0.2) is 29.1 Å². The molecule has 0 bridgehead atoms. The zero-order valence-electron chi connectivity index (χ0n) is 12.5. The monoisotopic (exact) mass is 324 g/mol. The van der Waals surface area contributed by atoms with Crippen molar-refractivity contribution in [2.45, 2.75) is 25.9 Å². The van der Waals surface area contributed by atoms with E-state index in [0.717, 1.165) is 17.5 Å². The van der Waals surface area contributed by atoms with E-state index in [2.05, 4.69) is 4.98 Å². The molecule has 0 saturated carbocycles. The van der Waals surface area contributed by atoms with Crippen LogP contribution in [0.1, 0.15) is 13.3 Å². The quantitative estimate of drug-likeness (QED) is 0.881. The van der Waals surface area contributed by atoms with Gasteiger partial charge in [0.1, 0.15) is 6.54 Å². The Morgan fingerprint density at radius 1 is 1.41 bits per heavy atom. The average Bonchev–Trinajstić information content (AvgIpc) is 3.00. The largest absolute Gasteiger partial charge is 0.338 e. The first kappa shape index (κ1) is 16.6. The van der Waals surface area contributed by atoms with Gasteiger partial charge in [-0.3, -0.25) is 9.36 Å². The summed E-state index contributed by atoms with van der Waals surface area (Å²) in [5.74, 6) is 0.342. The van der Waals surface area contributed by atoms with Crippen molar-refractivity contribution >= 4 is 29.3 Å². The van der Waals surface area contributed by atoms with Crippen LogP contribution in [-0.4, -0.2) is 39.5 Å². The maximum Gasteiger partial charge on any atom is 0.326 e. The maximum atomic E-state index is 12.5. The van der Waals surface area contributed by atoms with Crippen LogP contribution < -0.4 is 11.4 Å². The number of aromatic amines is 1. The molecule has 2 aromatic rings. The average molecular weight is 325 g/mol. The molecule has 7 heteroatoms. The van der Waals surface area contributed by atoms with Gasteiger partial charge in [0, 0.05) is 12.6 Å². The Labute approximate surface area is 134 Å². The molecule has 2 unspecified atom stereocenters. The molecule has 3 rings (SSSR count). The minimum Gasteiger partial charge on any atom is -0.338 e. The minimum atomic E-state index is -0.244. The Bertz CT molecular complexity index is 724. The van der Waals surface area contributed by atoms with Crippen LogP contribution in [0.25, 0.3) is 11.0 Å². The number of nitrogens with one attached hydrogen (secondary N) is 1. The highest BCUT2D eigenvalue weighted by molar-refractivity contribution is 5.85. The standard InChI is InChI=1S/C15H20N4O2.ClH/c1-10-6-11(7-16)8-18(10)14(20)9-19-13-5-3-2-4-12(13)17-15(19)21;/h2-5,10-11H,6-9,16H2,1H3,(H,17,21);1H. The highest BCUT2D eigenvalue weighted by Gasteiger charge is 2.31. The summed E-state index contributed by atoms with van der Waals surface area (Å²) in [6.45, 7) is 3.39. The van der Waals surface area contributed by atoms with Crippen LogP contribution in [0.4, 0.5) is 0 Å². The lowest BCUT2D eigenvalue weighted by Gasteiger charge is -2.21. The summed E-state index contributed by atoms with van der Waals surface area (Å²) < 4.78 is 1.50. The maximum absolute atomic E-state index is 12.5. The van der Waals surface area contributed by atoms with Crippen molar-refractivity contribution in [2.75, 3.05) is 13.1 Å². The SMILES string of the molecule is CC1CC(CN)CN1C(=O)Cn1c(=O)[nH]c2ccccc21.Cl. The number of benzene rings is 1. The molecule has 1 aliphatic rings. The zero-order chi connectivity index (χ0) is 15.0. The summed E-state index contributed by atoms with van der Waals surface area (Å²) in [5, 5.41) is 0. The van der Waals surface area contributed by atoms with Gasteiger partial charge in [-0.15, -0.1) is 12.4 Å². The molecule has 0 aliphatic carbocycles. The van der Waals surface area contributed by atoms with Gasteiger partial charge in [-0.05, 0) is 37.9 Å². The van der Waals surface area contributed by atoms with Crippen molar-refractivity contribution in [1.82, 2.24) is 14.5 Å². The number of amides is 1. The molecule has 1 aliphatic heterocycles. The van der Waals surface area contributed by atoms with Crippen molar-refractivity contribution in [3.63, 3.8) is 0 Å². The second-order valence-electron chi connectivity index (χ2n) is 5.77. The molecule has 120 valence electrons. The normalized spacial score (nSPS) is 21.1. The fraction of sp³-hybridized carbons (Fsp3) is 0.467. The Morgan fingerprint density at radius 3 is 2.82 bits per heavy atom. The number of para-hydroxylation sites is 2. The van der Waals surface area contributed by atoms with Gasteiger partial charge >= 0.3 is 5.69 Å². The first-order chi connectivity index (χ1) is 10.1. The van der Waals surface area contributed by atoms with Gasteiger partial charge in [0.15, 0.2) is 0 Å². The van der Waals surface area contributed by atoms with Crippen LogP contribution >= 0.6 is 12.4 Å². The van der Waals surface area contributed by atoms with Crippen LogP contribution in [0, 0.1) is 5.92 Å². The third kappa shape index (κ3) is 2.89. The lowest BCUT2D eigenvalue weighted by molar-refractivity contribution is -0.132. The number of hydrogen-bond acceptors (Lipinski definition) is 3. The highest BCUT2D eigenvalue weighted by atomic mass is 35.5. The topological polar surface area (TPSA) is 84.1 Å². The number of imidazole rings is 1. The Kier molecular flexibility index (Phi) is 4.93. The molecule has 1 saturated heterocycles. The molecule has 2 heterocycles. The van der Waals surface area contributed by atoms with Gasteiger partial charge in [-0.1, -0.05) is 12.1 Å². The first-order valence-corrected chi connectivity index (χ1v) is 7.27. The number of halogens is 1. The molecule has 1 aromatic carbocycles. The number of nitrogens with two attached hydrogens (primary N) is 1. The molecule has 1 amide bonds. The number of H-pyrrole nitrogens is 1. The van der Waals surface area contributed by atoms with Crippen LogP contribution in [0.2, 0.25) is 0 Å². The minimum absolute atomic E-state index is 0. The van der Waals surface area contributed by atoms with Gasteiger partial charge < -0.3 is 15.6 Å². The molecule has 2 atom stereocenters. The second kappa shape index (κ2) is 6.54. The van der Waals surface area contributed by atoms with Gasteiger partial charge in [0.25, 0.3) is 0 Å². The second-order valence-corrected chi connectivity index (χ2v) is 5.77. The number of fused-ring (bicyclic) bond motifs is 1. The Balaban J connectivity index is 0.00000176. The summed E-state index contributed by atoms with van der Waals surface area (Å²) in [6.07, 6.45) is 0.936. The Hall–Kier alpha value is -1.79. The van der Waals surface area contributed by atoms with E-state index in [1.807, 2.05) is 36.1 Å². The predicted octanol–water partition coefficient (Wildman–Crippen LogP) is 0.947. The van der Waals surface area contributed by atoms with Gasteiger partial charge in [-0.2, -0.15) is 0 Å². The molecule has 6 nitrogen and oxygen atoms in total. The van der Waals surface area contributed by atoms with E-state index in [9.17, 15) is 9.59 Å². The number of aromatic nitrogens is 2. The van der Waals surface area contributed by atoms with E-state index < -0.39 is 0 Å². The predicted molar refractivity (Wildman–Crippen MR) is 88.1 cm³/mol. The molecular weight excluding hydrogens is 304 g/mol. The number of carbonyl (C=O) groups excluding carboxylic acids is 1. The summed E-state index contributed by atoms with van der Waals surface area (Å²) in [5.41, 5.74) is 6.97. The molecular formula is C15H21ClN4O2. The van der Waals surface area contributed by atoms with Crippen molar-refractivity contribution < 1.29 is 4.79 Å². The lowest BCUT2D eigenvalue weighted by Crippen LogP contribution is -2.38. The summed E-state index contributed by atoms with van der Waals surface area (Å²) in [4.78, 5) is 29.1. The molecule has 1 fully saturated rings. The van der Waals surface area contributed by atoms with Crippen LogP contribution in [0.5, 0.6) is 0 Å². The highest BCUT2D eigenvalue weighted by Crippen LogP contribution is 2.22. The van der Waals surface area contributed by atoms with E-state index >= 15 is 0 Å². The zero-order valence-corrected chi connectivity index (χ0v) is 13.3. The number of carbonyl (C=O) groups is 1. The van der Waals surface area contributed by atoms with Crippen molar-refractivity contribution in [2.24, 2.45) is 11.7 Å². The fourth-order valence-corrected chi connectivity index (χ4v) is 3.15. The molecule has 0 radical (unpaired) electrons. The third-order valence-corrected chi connectivity index (χ3v) is 4.29. The van der Waals surface area contributed by atoms with Crippen LogP contribution in [-0.2, 0) is 11.3 Å². The smallest absolute Gasteiger partial charge is 0.326 e. The van der Waals surface area contributed by atoms with E-state index in [0.29, 0.717) is 19.0 Å². The van der Waals surface area contributed by atoms with Gasteiger partial charge in [0.2, 0.25) is 5.91 Å². The van der Waals surface area contributed by atoms with E-state index in [1.165, 1.54) is 4.57 Å². The summed E-state index contributed by atoms with van der Waals surface area (Å²) in [7, 11) is 0.